The van der Waals surface area contributed by atoms with Gasteiger partial charge >= 0.3 is 11.9 Å². The van der Waals surface area contributed by atoms with Crippen LogP contribution in [0.2, 0.25) is 0 Å². The van der Waals surface area contributed by atoms with E-state index in [9.17, 15) is 9.59 Å². The van der Waals surface area contributed by atoms with E-state index < -0.39 is 11.9 Å². The van der Waals surface area contributed by atoms with Crippen molar-refractivity contribution in [3.63, 3.8) is 0 Å². The highest BCUT2D eigenvalue weighted by Crippen LogP contribution is 2.31. The molecule has 0 radical (unpaired) electrons. The summed E-state index contributed by atoms with van der Waals surface area (Å²) in [4.78, 5) is 26.4. The quantitative estimate of drug-likeness (QED) is 0.836. The van der Waals surface area contributed by atoms with Gasteiger partial charge in [0.15, 0.2) is 0 Å². The topological polar surface area (TPSA) is 94.4 Å². The Morgan fingerprint density at radius 2 is 1.81 bits per heavy atom. The minimum Gasteiger partial charge on any atom is -0.469 e. The minimum atomic E-state index is -0.593. The average Bonchev–Trinajstić information content (AvgIpc) is 2.83. The Morgan fingerprint density at radius 1 is 1.14 bits per heavy atom. The zero-order valence-corrected chi connectivity index (χ0v) is 11.8. The SMILES string of the molecule is COC(=O)Cc1[nH]c(-c2ccccc2)c(N)c1C(=O)OC. The van der Waals surface area contributed by atoms with Crippen molar-refractivity contribution in [1.29, 1.82) is 0 Å². The molecule has 0 saturated heterocycles. The first-order valence-corrected chi connectivity index (χ1v) is 6.29. The van der Waals surface area contributed by atoms with Gasteiger partial charge in [-0.2, -0.15) is 0 Å². The molecular formula is C15H16N2O4. The molecule has 0 saturated carbocycles. The average molecular weight is 288 g/mol. The maximum Gasteiger partial charge on any atom is 0.341 e. The Hall–Kier alpha value is -2.76. The van der Waals surface area contributed by atoms with Crippen LogP contribution in [0, 0.1) is 0 Å². The van der Waals surface area contributed by atoms with E-state index in [2.05, 4.69) is 9.72 Å². The number of methoxy groups -OCH3 is 2. The normalized spacial score (nSPS) is 10.2. The third-order valence-electron chi connectivity index (χ3n) is 3.12. The Morgan fingerprint density at radius 3 is 2.38 bits per heavy atom. The minimum absolute atomic E-state index is 0.0854. The van der Waals surface area contributed by atoms with Crippen LogP contribution in [0.4, 0.5) is 5.69 Å². The number of ether oxygens (including phenoxy) is 2. The van der Waals surface area contributed by atoms with Gasteiger partial charge in [0.2, 0.25) is 0 Å². The second-order valence-corrected chi connectivity index (χ2v) is 4.38. The van der Waals surface area contributed by atoms with E-state index in [0.717, 1.165) is 5.56 Å². The van der Waals surface area contributed by atoms with Crippen LogP contribution >= 0.6 is 0 Å². The lowest BCUT2D eigenvalue weighted by Gasteiger charge is -2.02. The van der Waals surface area contributed by atoms with Gasteiger partial charge in [-0.25, -0.2) is 4.79 Å². The van der Waals surface area contributed by atoms with E-state index in [0.29, 0.717) is 11.4 Å². The molecule has 0 spiro atoms. The number of nitrogens with two attached hydrogens (primary N) is 1. The fourth-order valence-electron chi connectivity index (χ4n) is 2.09. The predicted octanol–water partition coefficient (Wildman–Crippen LogP) is 1.77. The highest BCUT2D eigenvalue weighted by molar-refractivity contribution is 6.01. The van der Waals surface area contributed by atoms with Crippen LogP contribution in [0.1, 0.15) is 16.1 Å². The summed E-state index contributed by atoms with van der Waals surface area (Å²) < 4.78 is 9.36. The maximum atomic E-state index is 11.9. The molecule has 0 aliphatic carbocycles. The van der Waals surface area contributed by atoms with Crippen molar-refractivity contribution in [3.8, 4) is 11.3 Å². The smallest absolute Gasteiger partial charge is 0.341 e. The summed E-state index contributed by atoms with van der Waals surface area (Å²) in [5.74, 6) is -1.06. The lowest BCUT2D eigenvalue weighted by molar-refractivity contribution is -0.139. The van der Waals surface area contributed by atoms with Gasteiger partial charge in [-0.1, -0.05) is 30.3 Å². The number of carbonyl (C=O) groups excluding carboxylic acids is 2. The number of benzene rings is 1. The molecule has 0 aliphatic heterocycles. The van der Waals surface area contributed by atoms with Crippen LogP contribution in [-0.4, -0.2) is 31.1 Å². The van der Waals surface area contributed by atoms with Gasteiger partial charge in [0.1, 0.15) is 5.56 Å². The Kier molecular flexibility index (Phi) is 4.27. The van der Waals surface area contributed by atoms with E-state index in [1.165, 1.54) is 14.2 Å². The Balaban J connectivity index is 2.54. The van der Waals surface area contributed by atoms with E-state index >= 15 is 0 Å². The standard InChI is InChI=1S/C15H16N2O4/c1-20-11(18)8-10-12(15(19)21-2)13(16)14(17-10)9-6-4-3-5-7-9/h3-7,17H,8,16H2,1-2H3. The molecule has 1 aromatic heterocycles. The number of esters is 2. The molecule has 1 heterocycles. The molecule has 3 N–H and O–H groups in total. The van der Waals surface area contributed by atoms with Crippen LogP contribution in [0.5, 0.6) is 0 Å². The summed E-state index contributed by atoms with van der Waals surface area (Å²) in [5.41, 5.74) is 8.24. The number of aromatic amines is 1. The number of carbonyl (C=O) groups is 2. The van der Waals surface area contributed by atoms with Gasteiger partial charge in [-0.3, -0.25) is 4.79 Å². The van der Waals surface area contributed by atoms with Crippen molar-refractivity contribution in [2.24, 2.45) is 0 Å². The first kappa shape index (κ1) is 14.6. The van der Waals surface area contributed by atoms with Crippen LogP contribution in [-0.2, 0) is 20.7 Å². The second-order valence-electron chi connectivity index (χ2n) is 4.38. The van der Waals surface area contributed by atoms with Crippen molar-refractivity contribution in [2.75, 3.05) is 20.0 Å². The largest absolute Gasteiger partial charge is 0.469 e. The maximum absolute atomic E-state index is 11.9. The summed E-state index contributed by atoms with van der Waals surface area (Å²) in [6, 6.07) is 9.29. The lowest BCUT2D eigenvalue weighted by atomic mass is 10.1. The van der Waals surface area contributed by atoms with Crippen LogP contribution in [0.25, 0.3) is 11.3 Å². The molecule has 0 unspecified atom stereocenters. The molecule has 21 heavy (non-hydrogen) atoms. The monoisotopic (exact) mass is 288 g/mol. The number of hydrogen-bond donors (Lipinski definition) is 2. The fourth-order valence-corrected chi connectivity index (χ4v) is 2.09. The summed E-state index contributed by atoms with van der Waals surface area (Å²) in [7, 11) is 2.55. The third kappa shape index (κ3) is 2.89. The van der Waals surface area contributed by atoms with Gasteiger partial charge < -0.3 is 20.2 Å². The van der Waals surface area contributed by atoms with E-state index in [-0.39, 0.29) is 17.7 Å². The zero-order chi connectivity index (χ0) is 15.4. The van der Waals surface area contributed by atoms with E-state index in [4.69, 9.17) is 10.5 Å². The highest BCUT2D eigenvalue weighted by Gasteiger charge is 2.24. The third-order valence-corrected chi connectivity index (χ3v) is 3.12. The first-order chi connectivity index (χ1) is 10.1. The van der Waals surface area contributed by atoms with Gasteiger partial charge in [0, 0.05) is 11.3 Å². The van der Waals surface area contributed by atoms with Gasteiger partial charge in [-0.15, -0.1) is 0 Å². The lowest BCUT2D eigenvalue weighted by Crippen LogP contribution is -2.11. The molecule has 6 nitrogen and oxygen atoms in total. The number of aromatic nitrogens is 1. The molecule has 6 heteroatoms. The molecule has 2 aromatic rings. The summed E-state index contributed by atoms with van der Waals surface area (Å²) in [6.45, 7) is 0. The molecule has 0 bridgehead atoms. The zero-order valence-electron chi connectivity index (χ0n) is 11.8. The number of hydrogen-bond acceptors (Lipinski definition) is 5. The van der Waals surface area contributed by atoms with E-state index in [1.54, 1.807) is 0 Å². The van der Waals surface area contributed by atoms with Crippen molar-refractivity contribution in [1.82, 2.24) is 4.98 Å². The number of anilines is 1. The van der Waals surface area contributed by atoms with Crippen LogP contribution < -0.4 is 5.73 Å². The number of nitrogen functional groups attached to an aromatic ring is 1. The molecule has 2 rings (SSSR count). The Labute approximate surface area is 121 Å². The number of nitrogens with one attached hydrogen (secondary N) is 1. The molecule has 1 aromatic carbocycles. The van der Waals surface area contributed by atoms with Gasteiger partial charge in [0.25, 0.3) is 0 Å². The molecule has 0 aliphatic rings. The van der Waals surface area contributed by atoms with Crippen molar-refractivity contribution >= 4 is 17.6 Å². The summed E-state index contributed by atoms with van der Waals surface area (Å²) in [6.07, 6.45) is -0.0854. The molecular weight excluding hydrogens is 272 g/mol. The predicted molar refractivity (Wildman–Crippen MR) is 77.7 cm³/mol. The highest BCUT2D eigenvalue weighted by atomic mass is 16.5. The Bertz CT molecular complexity index is 662. The summed E-state index contributed by atoms with van der Waals surface area (Å²) >= 11 is 0. The van der Waals surface area contributed by atoms with E-state index in [1.807, 2.05) is 30.3 Å². The van der Waals surface area contributed by atoms with Crippen molar-refractivity contribution in [3.05, 3.63) is 41.6 Å². The van der Waals surface area contributed by atoms with Crippen molar-refractivity contribution < 1.29 is 19.1 Å². The number of H-pyrrole nitrogens is 1. The molecule has 0 fully saturated rings. The number of rotatable bonds is 4. The second kappa shape index (κ2) is 6.13. The molecule has 0 atom stereocenters. The summed E-state index contributed by atoms with van der Waals surface area (Å²) in [5, 5.41) is 0. The molecule has 0 amide bonds. The fraction of sp³-hybridized carbons (Fsp3) is 0.200. The molecule has 110 valence electrons. The first-order valence-electron chi connectivity index (χ1n) is 6.29. The van der Waals surface area contributed by atoms with Crippen molar-refractivity contribution in [2.45, 2.75) is 6.42 Å². The van der Waals surface area contributed by atoms with Gasteiger partial charge in [0.05, 0.1) is 32.0 Å². The van der Waals surface area contributed by atoms with Crippen LogP contribution in [0.15, 0.2) is 30.3 Å². The van der Waals surface area contributed by atoms with Gasteiger partial charge in [-0.05, 0) is 0 Å². The van der Waals surface area contributed by atoms with Crippen LogP contribution in [0.3, 0.4) is 0 Å².